The summed E-state index contributed by atoms with van der Waals surface area (Å²) in [5.41, 5.74) is 0.496. The van der Waals surface area contributed by atoms with E-state index in [9.17, 15) is 9.59 Å². The number of carbonyl (C=O) groups excluding carboxylic acids is 2. The van der Waals surface area contributed by atoms with Gasteiger partial charge in [0.05, 0.1) is 12.8 Å². The third-order valence-electron chi connectivity index (χ3n) is 2.51. The van der Waals surface area contributed by atoms with E-state index in [0.29, 0.717) is 5.69 Å². The maximum atomic E-state index is 11.8. The number of azo groups is 1. The summed E-state index contributed by atoms with van der Waals surface area (Å²) in [4.78, 5) is 23.4. The van der Waals surface area contributed by atoms with Crippen LogP contribution < -0.4 is 0 Å². The molecule has 0 saturated heterocycles. The zero-order chi connectivity index (χ0) is 16.2. The van der Waals surface area contributed by atoms with E-state index in [-0.39, 0.29) is 6.61 Å². The van der Waals surface area contributed by atoms with Gasteiger partial charge in [-0.3, -0.25) is 4.79 Å². The van der Waals surface area contributed by atoms with Crippen molar-refractivity contribution in [1.29, 1.82) is 0 Å². The van der Waals surface area contributed by atoms with E-state index in [2.05, 4.69) is 15.0 Å². The fourth-order valence-electron chi connectivity index (χ4n) is 1.45. The first-order valence-electron chi connectivity index (χ1n) is 6.57. The highest BCUT2D eigenvalue weighted by Gasteiger charge is 2.27. The lowest BCUT2D eigenvalue weighted by Crippen LogP contribution is -2.31. The number of methoxy groups -OCH3 is 2. The molecule has 0 aliphatic carbocycles. The van der Waals surface area contributed by atoms with E-state index >= 15 is 0 Å². The SMILES string of the molecule is COCC(=O)C(N=Nc1ccccccccc1)C(=O)OC. The van der Waals surface area contributed by atoms with Gasteiger partial charge in [0, 0.05) is 7.11 Å². The molecule has 0 bridgehead atoms. The Bertz CT molecular complexity index is 561. The summed E-state index contributed by atoms with van der Waals surface area (Å²) in [5.74, 6) is -1.28. The van der Waals surface area contributed by atoms with E-state index < -0.39 is 17.8 Å². The fourth-order valence-corrected chi connectivity index (χ4v) is 1.45. The van der Waals surface area contributed by atoms with Gasteiger partial charge < -0.3 is 9.47 Å². The first-order chi connectivity index (χ1) is 10.7. The Labute approximate surface area is 129 Å². The second-order valence-corrected chi connectivity index (χ2v) is 4.15. The summed E-state index contributed by atoms with van der Waals surface area (Å²) >= 11 is 0. The zero-order valence-corrected chi connectivity index (χ0v) is 12.5. The molecule has 0 aromatic heterocycles. The predicted molar refractivity (Wildman–Crippen MR) is 81.3 cm³/mol. The highest BCUT2D eigenvalue weighted by atomic mass is 16.5. The number of nitrogens with zero attached hydrogens (tertiary/aromatic N) is 2. The number of hydrogen-bond acceptors (Lipinski definition) is 6. The summed E-state index contributed by atoms with van der Waals surface area (Å²) in [6.45, 7) is -0.235. The topological polar surface area (TPSA) is 77.3 Å². The fraction of sp³-hybridized carbons (Fsp3) is 0.250. The minimum absolute atomic E-state index is 0.235. The van der Waals surface area contributed by atoms with Gasteiger partial charge >= 0.3 is 5.97 Å². The minimum atomic E-state index is -1.32. The lowest BCUT2D eigenvalue weighted by atomic mass is 10.2. The molecule has 0 radical (unpaired) electrons. The maximum absolute atomic E-state index is 11.8. The van der Waals surface area contributed by atoms with Crippen LogP contribution in [0.5, 0.6) is 0 Å². The van der Waals surface area contributed by atoms with Gasteiger partial charge in [-0.1, -0.05) is 42.5 Å². The first-order valence-corrected chi connectivity index (χ1v) is 6.57. The van der Waals surface area contributed by atoms with Gasteiger partial charge in [0.2, 0.25) is 6.04 Å². The Hall–Kier alpha value is -2.60. The van der Waals surface area contributed by atoms with E-state index in [4.69, 9.17) is 4.74 Å². The average Bonchev–Trinajstić information content (AvgIpc) is 2.53. The standard InChI is InChI=1S/C16H18N2O4/c1-21-12-14(19)15(16(20)22-2)18-17-13-10-8-6-4-3-5-7-9-11-13/h3-11,15H,12H2,1-2H3. The number of ketones is 1. The van der Waals surface area contributed by atoms with Gasteiger partial charge in [-0.15, -0.1) is 0 Å². The molecule has 0 spiro atoms. The van der Waals surface area contributed by atoms with E-state index in [1.165, 1.54) is 14.2 Å². The number of rotatable bonds is 6. The summed E-state index contributed by atoms with van der Waals surface area (Å²) in [6, 6.07) is 14.9. The molecule has 0 heterocycles. The molecule has 0 aliphatic heterocycles. The molecular weight excluding hydrogens is 284 g/mol. The molecule has 0 aliphatic rings. The number of ether oxygens (including phenoxy) is 2. The second-order valence-electron chi connectivity index (χ2n) is 4.15. The van der Waals surface area contributed by atoms with Crippen molar-refractivity contribution in [2.45, 2.75) is 6.04 Å². The predicted octanol–water partition coefficient (Wildman–Crippen LogP) is 2.65. The van der Waals surface area contributed by atoms with Crippen molar-refractivity contribution < 1.29 is 19.1 Å². The summed E-state index contributed by atoms with van der Waals surface area (Å²) in [7, 11) is 2.55. The minimum Gasteiger partial charge on any atom is -0.467 e. The van der Waals surface area contributed by atoms with Crippen LogP contribution in [0.3, 0.4) is 0 Å². The molecular formula is C16H18N2O4. The van der Waals surface area contributed by atoms with Crippen molar-refractivity contribution in [3.63, 3.8) is 0 Å². The summed E-state index contributed by atoms with van der Waals surface area (Å²) in [5, 5.41) is 7.73. The highest BCUT2D eigenvalue weighted by Crippen LogP contribution is 2.10. The van der Waals surface area contributed by atoms with E-state index in [0.717, 1.165) is 0 Å². The van der Waals surface area contributed by atoms with Crippen LogP contribution >= 0.6 is 0 Å². The van der Waals surface area contributed by atoms with Crippen molar-refractivity contribution in [1.82, 2.24) is 0 Å². The van der Waals surface area contributed by atoms with Crippen molar-refractivity contribution in [2.75, 3.05) is 20.8 Å². The monoisotopic (exact) mass is 302 g/mol. The maximum Gasteiger partial charge on any atom is 0.340 e. The van der Waals surface area contributed by atoms with Crippen molar-refractivity contribution >= 4 is 17.4 Å². The Morgan fingerprint density at radius 3 is 2.05 bits per heavy atom. The second kappa shape index (κ2) is 10.2. The molecule has 1 aromatic rings. The van der Waals surface area contributed by atoms with Crippen molar-refractivity contribution in [2.24, 2.45) is 10.2 Å². The van der Waals surface area contributed by atoms with Crippen molar-refractivity contribution in [3.05, 3.63) is 54.6 Å². The lowest BCUT2D eigenvalue weighted by molar-refractivity contribution is -0.146. The molecule has 0 saturated carbocycles. The van der Waals surface area contributed by atoms with Crippen LogP contribution in [-0.4, -0.2) is 38.6 Å². The molecule has 6 nitrogen and oxygen atoms in total. The van der Waals surface area contributed by atoms with Crippen molar-refractivity contribution in [3.8, 4) is 0 Å². The van der Waals surface area contributed by atoms with Gasteiger partial charge in [-0.2, -0.15) is 10.2 Å². The Balaban J connectivity index is 3.04. The Morgan fingerprint density at radius 2 is 1.55 bits per heavy atom. The molecule has 1 atom stereocenters. The molecule has 22 heavy (non-hydrogen) atoms. The van der Waals surface area contributed by atoms with E-state index in [1.807, 2.05) is 30.3 Å². The zero-order valence-electron chi connectivity index (χ0n) is 12.5. The van der Waals surface area contributed by atoms with Gasteiger partial charge in [0.25, 0.3) is 0 Å². The number of carbonyl (C=O) groups is 2. The largest absolute Gasteiger partial charge is 0.467 e. The quantitative estimate of drug-likeness (QED) is 0.460. The number of Topliss-reactive ketones (excluding diaryl/α,β-unsaturated/α-hetero) is 1. The molecule has 0 fully saturated rings. The van der Waals surface area contributed by atoms with Crippen LogP contribution in [0.1, 0.15) is 0 Å². The third-order valence-corrected chi connectivity index (χ3v) is 2.51. The van der Waals surface area contributed by atoms with E-state index in [1.54, 1.807) is 24.3 Å². The van der Waals surface area contributed by atoms with Crippen LogP contribution in [0.2, 0.25) is 0 Å². The van der Waals surface area contributed by atoms with Gasteiger partial charge in [-0.25, -0.2) is 4.79 Å². The van der Waals surface area contributed by atoms with Crippen LogP contribution in [0, 0.1) is 0 Å². The molecule has 1 aromatic carbocycles. The van der Waals surface area contributed by atoms with Crippen LogP contribution in [-0.2, 0) is 19.1 Å². The normalized spacial score (nSPS) is 11.5. The van der Waals surface area contributed by atoms with Gasteiger partial charge in [-0.05, 0) is 12.1 Å². The first kappa shape index (κ1) is 17.5. The summed E-state index contributed by atoms with van der Waals surface area (Å²) in [6.07, 6.45) is 0. The van der Waals surface area contributed by atoms with Crippen LogP contribution in [0.25, 0.3) is 0 Å². The smallest absolute Gasteiger partial charge is 0.340 e. The Morgan fingerprint density at radius 1 is 1.00 bits per heavy atom. The average molecular weight is 302 g/mol. The summed E-state index contributed by atoms with van der Waals surface area (Å²) < 4.78 is 9.28. The lowest BCUT2D eigenvalue weighted by Gasteiger charge is -2.06. The highest BCUT2D eigenvalue weighted by molar-refractivity contribution is 6.03. The van der Waals surface area contributed by atoms with Crippen LogP contribution in [0.15, 0.2) is 64.8 Å². The third kappa shape index (κ3) is 6.23. The molecule has 1 unspecified atom stereocenters. The van der Waals surface area contributed by atoms with Gasteiger partial charge in [0.15, 0.2) is 5.78 Å². The molecule has 1 rings (SSSR count). The molecule has 116 valence electrons. The number of hydrogen-bond donors (Lipinski definition) is 0. The number of esters is 1. The molecule has 0 amide bonds. The molecule has 6 heteroatoms. The van der Waals surface area contributed by atoms with Gasteiger partial charge in [0.1, 0.15) is 6.61 Å². The Kier molecular flexibility index (Phi) is 8.07. The molecule has 0 N–H and O–H groups in total. The van der Waals surface area contributed by atoms with Crippen LogP contribution in [0.4, 0.5) is 5.69 Å².